The van der Waals surface area contributed by atoms with Crippen LogP contribution in [0.5, 0.6) is 5.75 Å². The van der Waals surface area contributed by atoms with Crippen LogP contribution in [0.4, 0.5) is 0 Å². The largest absolute Gasteiger partial charge is 0.496 e. The molecule has 30 heavy (non-hydrogen) atoms. The van der Waals surface area contributed by atoms with Crippen molar-refractivity contribution in [1.82, 2.24) is 24.9 Å². The normalized spacial score (nSPS) is 10.9. The molecule has 4 aromatic rings. The summed E-state index contributed by atoms with van der Waals surface area (Å²) in [5.41, 5.74) is 1.59. The van der Waals surface area contributed by atoms with E-state index in [-0.39, 0.29) is 0 Å². The summed E-state index contributed by atoms with van der Waals surface area (Å²) in [5.74, 6) is 2.81. The Balaban J connectivity index is 1.57. The highest BCUT2D eigenvalue weighted by atomic mass is 35.5. The Labute approximate surface area is 182 Å². The molecule has 0 aliphatic rings. The lowest BCUT2D eigenvalue weighted by Gasteiger charge is -2.10. The lowest BCUT2D eigenvalue weighted by molar-refractivity contribution is 0.391. The fraction of sp³-hybridized carbons (Fsp3) is 0.143. The zero-order valence-corrected chi connectivity index (χ0v) is 17.7. The molecule has 2 heterocycles. The molecule has 0 saturated carbocycles. The van der Waals surface area contributed by atoms with Crippen molar-refractivity contribution in [2.45, 2.75) is 17.5 Å². The molecule has 0 amide bonds. The zero-order valence-electron chi connectivity index (χ0n) is 16.2. The Kier molecular flexibility index (Phi) is 6.15. The summed E-state index contributed by atoms with van der Waals surface area (Å²) in [6.45, 7) is 4.40. The minimum Gasteiger partial charge on any atom is -0.496 e. The van der Waals surface area contributed by atoms with Gasteiger partial charge in [0.05, 0.1) is 23.4 Å². The van der Waals surface area contributed by atoms with Gasteiger partial charge >= 0.3 is 0 Å². The quantitative estimate of drug-likeness (QED) is 0.278. The molecule has 0 N–H and O–H groups in total. The van der Waals surface area contributed by atoms with E-state index in [1.165, 1.54) is 11.8 Å². The molecule has 0 aliphatic heterocycles. The number of thioether (sulfide) groups is 1. The second-order valence-corrected chi connectivity index (χ2v) is 7.54. The maximum atomic E-state index is 6.21. The first-order valence-electron chi connectivity index (χ1n) is 9.09. The number of para-hydroxylation sites is 1. The molecule has 0 aliphatic carbocycles. The highest BCUT2D eigenvalue weighted by Gasteiger charge is 2.18. The fourth-order valence-corrected chi connectivity index (χ4v) is 3.91. The van der Waals surface area contributed by atoms with Crippen molar-refractivity contribution in [2.24, 2.45) is 0 Å². The van der Waals surface area contributed by atoms with Gasteiger partial charge in [0, 0.05) is 12.1 Å². The summed E-state index contributed by atoms with van der Waals surface area (Å²) in [7, 11) is 1.63. The van der Waals surface area contributed by atoms with Crippen molar-refractivity contribution >= 4 is 23.4 Å². The van der Waals surface area contributed by atoms with Gasteiger partial charge in [-0.2, -0.15) is 4.98 Å². The van der Waals surface area contributed by atoms with Crippen LogP contribution < -0.4 is 4.74 Å². The Bertz CT molecular complexity index is 1170. The molecule has 9 heteroatoms. The third-order valence-corrected chi connectivity index (χ3v) is 5.57. The van der Waals surface area contributed by atoms with Gasteiger partial charge in [0.15, 0.2) is 11.0 Å². The van der Waals surface area contributed by atoms with E-state index >= 15 is 0 Å². The van der Waals surface area contributed by atoms with E-state index in [1.807, 2.05) is 47.0 Å². The fourth-order valence-electron chi connectivity index (χ4n) is 2.91. The topological polar surface area (TPSA) is 78.9 Å². The average molecular weight is 440 g/mol. The summed E-state index contributed by atoms with van der Waals surface area (Å²) in [5, 5.41) is 14.0. The second-order valence-electron chi connectivity index (χ2n) is 6.19. The smallest absolute Gasteiger partial charge is 0.237 e. The van der Waals surface area contributed by atoms with Gasteiger partial charge in [0.25, 0.3) is 0 Å². The van der Waals surface area contributed by atoms with Crippen molar-refractivity contribution in [1.29, 1.82) is 0 Å². The molecule has 152 valence electrons. The van der Waals surface area contributed by atoms with Gasteiger partial charge in [0.1, 0.15) is 5.75 Å². The number of allylic oxidation sites excluding steroid dienone is 1. The van der Waals surface area contributed by atoms with Gasteiger partial charge in [-0.15, -0.1) is 16.8 Å². The molecule has 0 radical (unpaired) electrons. The third kappa shape index (κ3) is 4.10. The Hall–Kier alpha value is -3.10. The van der Waals surface area contributed by atoms with Crippen molar-refractivity contribution < 1.29 is 9.26 Å². The molecule has 2 aromatic carbocycles. The Morgan fingerprint density at radius 3 is 2.67 bits per heavy atom. The van der Waals surface area contributed by atoms with Crippen molar-refractivity contribution in [2.75, 3.05) is 7.11 Å². The van der Waals surface area contributed by atoms with E-state index in [0.29, 0.717) is 40.0 Å². The number of halogens is 1. The minimum atomic E-state index is 0.443. The van der Waals surface area contributed by atoms with Gasteiger partial charge in [-0.05, 0) is 24.3 Å². The first-order chi connectivity index (χ1) is 14.7. The van der Waals surface area contributed by atoms with Crippen LogP contribution in [0.25, 0.3) is 22.8 Å². The van der Waals surface area contributed by atoms with Crippen LogP contribution in [0, 0.1) is 0 Å². The molecule has 0 bridgehead atoms. The van der Waals surface area contributed by atoms with Crippen LogP contribution in [0.3, 0.4) is 0 Å². The molecule has 0 saturated heterocycles. The van der Waals surface area contributed by atoms with E-state index in [4.69, 9.17) is 20.9 Å². The first-order valence-corrected chi connectivity index (χ1v) is 10.5. The predicted octanol–water partition coefficient (Wildman–Crippen LogP) is 5.14. The number of nitrogens with zero attached hydrogens (tertiary/aromatic N) is 5. The number of aromatic nitrogens is 5. The summed E-state index contributed by atoms with van der Waals surface area (Å²) in [4.78, 5) is 4.44. The molecular formula is C21H18ClN5O2S. The van der Waals surface area contributed by atoms with Gasteiger partial charge in [-0.25, -0.2) is 0 Å². The van der Waals surface area contributed by atoms with E-state index in [1.54, 1.807) is 19.3 Å². The molecule has 0 spiro atoms. The summed E-state index contributed by atoms with van der Waals surface area (Å²) >= 11 is 7.67. The second kappa shape index (κ2) is 9.15. The summed E-state index contributed by atoms with van der Waals surface area (Å²) in [6.07, 6.45) is 1.80. The van der Waals surface area contributed by atoms with E-state index < -0.39 is 0 Å². The van der Waals surface area contributed by atoms with Crippen LogP contribution in [0.2, 0.25) is 5.02 Å². The SMILES string of the molecule is C=CCn1c(SCc2nc(-c3ccccc3Cl)no2)nnc1-c1ccccc1OC. The van der Waals surface area contributed by atoms with Crippen LogP contribution >= 0.6 is 23.4 Å². The Morgan fingerprint density at radius 2 is 1.90 bits per heavy atom. The average Bonchev–Trinajstić information content (AvgIpc) is 3.40. The maximum Gasteiger partial charge on any atom is 0.237 e. The van der Waals surface area contributed by atoms with Gasteiger partial charge in [-0.1, -0.05) is 58.9 Å². The third-order valence-electron chi connectivity index (χ3n) is 4.28. The number of hydrogen-bond acceptors (Lipinski definition) is 7. The van der Waals surface area contributed by atoms with Crippen LogP contribution in [0.15, 0.2) is 70.9 Å². The van der Waals surface area contributed by atoms with E-state index in [9.17, 15) is 0 Å². The van der Waals surface area contributed by atoms with Crippen LogP contribution in [-0.4, -0.2) is 32.0 Å². The highest BCUT2D eigenvalue weighted by molar-refractivity contribution is 7.98. The molecule has 0 atom stereocenters. The molecule has 0 unspecified atom stereocenters. The molecule has 2 aromatic heterocycles. The van der Waals surface area contributed by atoms with Gasteiger partial charge in [-0.3, -0.25) is 4.57 Å². The highest BCUT2D eigenvalue weighted by Crippen LogP contribution is 2.32. The predicted molar refractivity (Wildman–Crippen MR) is 117 cm³/mol. The van der Waals surface area contributed by atoms with Crippen LogP contribution in [0.1, 0.15) is 5.89 Å². The molecule has 4 rings (SSSR count). The maximum absolute atomic E-state index is 6.21. The number of benzene rings is 2. The number of methoxy groups -OCH3 is 1. The lowest BCUT2D eigenvalue weighted by Crippen LogP contribution is -2.01. The lowest BCUT2D eigenvalue weighted by atomic mass is 10.2. The van der Waals surface area contributed by atoms with Crippen molar-refractivity contribution in [3.63, 3.8) is 0 Å². The number of hydrogen-bond donors (Lipinski definition) is 0. The van der Waals surface area contributed by atoms with Gasteiger partial charge in [0.2, 0.25) is 11.7 Å². The van der Waals surface area contributed by atoms with Crippen molar-refractivity contribution in [3.8, 4) is 28.5 Å². The summed E-state index contributed by atoms with van der Waals surface area (Å²) < 4.78 is 12.8. The molecular weight excluding hydrogens is 422 g/mol. The monoisotopic (exact) mass is 439 g/mol. The molecule has 0 fully saturated rings. The Morgan fingerprint density at radius 1 is 1.13 bits per heavy atom. The van der Waals surface area contributed by atoms with E-state index in [2.05, 4.69) is 26.9 Å². The van der Waals surface area contributed by atoms with Crippen molar-refractivity contribution in [3.05, 3.63) is 72.1 Å². The van der Waals surface area contributed by atoms with Gasteiger partial charge < -0.3 is 9.26 Å². The zero-order chi connectivity index (χ0) is 20.9. The first kappa shape index (κ1) is 20.2. The number of rotatable bonds is 8. The number of ether oxygens (including phenoxy) is 1. The van der Waals surface area contributed by atoms with Crippen LogP contribution in [-0.2, 0) is 12.3 Å². The standard InChI is InChI=1S/C21H18ClN5O2S/c1-3-12-27-20(15-9-5-7-11-17(15)28-2)24-25-21(27)30-13-18-23-19(26-29-18)14-8-4-6-10-16(14)22/h3-11H,1,12-13H2,2H3. The summed E-state index contributed by atoms with van der Waals surface area (Å²) in [6, 6.07) is 15.1. The van der Waals surface area contributed by atoms with E-state index in [0.717, 1.165) is 16.9 Å². The molecule has 7 nitrogen and oxygen atoms in total. The minimum absolute atomic E-state index is 0.443.